The van der Waals surface area contributed by atoms with Gasteiger partial charge < -0.3 is 10.1 Å². The number of halogens is 1. The van der Waals surface area contributed by atoms with E-state index in [1.165, 1.54) is 5.56 Å². The lowest BCUT2D eigenvalue weighted by Gasteiger charge is -2.23. The molecule has 1 aromatic rings. The normalized spacial score (nSPS) is 13.5. The fourth-order valence-electron chi connectivity index (χ4n) is 1.53. The van der Waals surface area contributed by atoms with Gasteiger partial charge in [-0.1, -0.05) is 26.8 Å². The Morgan fingerprint density at radius 1 is 1.35 bits per heavy atom. The summed E-state index contributed by atoms with van der Waals surface area (Å²) in [6, 6.07) is 6.55. The van der Waals surface area contributed by atoms with Gasteiger partial charge in [-0.05, 0) is 46.0 Å². The van der Waals surface area contributed by atoms with Crippen LogP contribution in [0.5, 0.6) is 5.75 Å². The zero-order chi connectivity index (χ0) is 13.1. The Morgan fingerprint density at radius 2 is 2.00 bits per heavy atom. The molecule has 0 aromatic heterocycles. The van der Waals surface area contributed by atoms with Crippen molar-refractivity contribution >= 4 is 15.9 Å². The standard InChI is InChI=1S/C14H22BrNO/c1-10(16-9-14(2,3)4)11-6-7-13(17-5)12(15)8-11/h6-8,10,16H,9H2,1-5H3. The van der Waals surface area contributed by atoms with E-state index in [0.717, 1.165) is 16.8 Å². The van der Waals surface area contributed by atoms with E-state index >= 15 is 0 Å². The van der Waals surface area contributed by atoms with E-state index < -0.39 is 0 Å². The molecule has 0 fully saturated rings. The smallest absolute Gasteiger partial charge is 0.133 e. The first-order valence-corrected chi connectivity index (χ1v) is 6.69. The molecule has 3 heteroatoms. The highest BCUT2D eigenvalue weighted by Gasteiger charge is 2.13. The summed E-state index contributed by atoms with van der Waals surface area (Å²) in [6.45, 7) is 9.88. The highest BCUT2D eigenvalue weighted by atomic mass is 79.9. The van der Waals surface area contributed by atoms with Gasteiger partial charge in [0.15, 0.2) is 0 Å². The molecule has 0 aliphatic heterocycles. The van der Waals surface area contributed by atoms with Crippen molar-refractivity contribution in [3.8, 4) is 5.75 Å². The van der Waals surface area contributed by atoms with Crippen molar-refractivity contribution in [1.29, 1.82) is 0 Å². The summed E-state index contributed by atoms with van der Waals surface area (Å²) in [5.41, 5.74) is 1.57. The summed E-state index contributed by atoms with van der Waals surface area (Å²) >= 11 is 3.51. The Morgan fingerprint density at radius 3 is 2.47 bits per heavy atom. The molecule has 1 unspecified atom stereocenters. The number of benzene rings is 1. The molecule has 0 saturated heterocycles. The molecule has 0 saturated carbocycles. The van der Waals surface area contributed by atoms with Gasteiger partial charge in [0.2, 0.25) is 0 Å². The average molecular weight is 300 g/mol. The maximum absolute atomic E-state index is 5.23. The lowest BCUT2D eigenvalue weighted by Crippen LogP contribution is -2.29. The molecule has 0 aliphatic carbocycles. The Kier molecular flexibility index (Phi) is 5.02. The molecular formula is C14H22BrNO. The molecule has 1 atom stereocenters. The molecular weight excluding hydrogens is 278 g/mol. The monoisotopic (exact) mass is 299 g/mol. The van der Waals surface area contributed by atoms with Crippen LogP contribution in [0.15, 0.2) is 22.7 Å². The minimum Gasteiger partial charge on any atom is -0.496 e. The summed E-state index contributed by atoms with van der Waals surface area (Å²) in [7, 11) is 1.68. The molecule has 1 aromatic carbocycles. The molecule has 17 heavy (non-hydrogen) atoms. The molecule has 0 heterocycles. The minimum absolute atomic E-state index is 0.304. The summed E-state index contributed by atoms with van der Waals surface area (Å²) in [4.78, 5) is 0. The van der Waals surface area contributed by atoms with Gasteiger partial charge in [-0.2, -0.15) is 0 Å². The highest BCUT2D eigenvalue weighted by Crippen LogP contribution is 2.28. The molecule has 96 valence electrons. The van der Waals surface area contributed by atoms with Gasteiger partial charge in [-0.3, -0.25) is 0 Å². The van der Waals surface area contributed by atoms with Gasteiger partial charge in [0, 0.05) is 12.6 Å². The van der Waals surface area contributed by atoms with Gasteiger partial charge >= 0.3 is 0 Å². The third-order valence-electron chi connectivity index (χ3n) is 2.61. The van der Waals surface area contributed by atoms with Crippen LogP contribution >= 0.6 is 15.9 Å². The average Bonchev–Trinajstić information content (AvgIpc) is 2.24. The fourth-order valence-corrected chi connectivity index (χ4v) is 2.09. The maximum atomic E-state index is 5.23. The van der Waals surface area contributed by atoms with Crippen LogP contribution < -0.4 is 10.1 Å². The van der Waals surface area contributed by atoms with Gasteiger partial charge in [0.1, 0.15) is 5.75 Å². The van der Waals surface area contributed by atoms with Crippen molar-refractivity contribution in [3.05, 3.63) is 28.2 Å². The first kappa shape index (κ1) is 14.5. The van der Waals surface area contributed by atoms with Crippen molar-refractivity contribution in [2.45, 2.75) is 33.7 Å². The summed E-state index contributed by atoms with van der Waals surface area (Å²) in [5.74, 6) is 0.872. The number of hydrogen-bond acceptors (Lipinski definition) is 2. The summed E-state index contributed by atoms with van der Waals surface area (Å²) in [5, 5.41) is 3.54. The zero-order valence-corrected chi connectivity index (χ0v) is 12.9. The van der Waals surface area contributed by atoms with E-state index in [-0.39, 0.29) is 0 Å². The van der Waals surface area contributed by atoms with E-state index in [2.05, 4.69) is 61.1 Å². The summed E-state index contributed by atoms with van der Waals surface area (Å²) in [6.07, 6.45) is 0. The predicted molar refractivity (Wildman–Crippen MR) is 76.6 cm³/mol. The first-order chi connectivity index (χ1) is 7.83. The zero-order valence-electron chi connectivity index (χ0n) is 11.3. The second-order valence-electron chi connectivity index (χ2n) is 5.56. The van der Waals surface area contributed by atoms with E-state index in [4.69, 9.17) is 4.74 Å². The van der Waals surface area contributed by atoms with E-state index in [0.29, 0.717) is 11.5 Å². The second kappa shape index (κ2) is 5.87. The fraction of sp³-hybridized carbons (Fsp3) is 0.571. The van der Waals surface area contributed by atoms with Crippen molar-refractivity contribution < 1.29 is 4.74 Å². The predicted octanol–water partition coefficient (Wildman–Crippen LogP) is 4.15. The van der Waals surface area contributed by atoms with Crippen LogP contribution in [0.1, 0.15) is 39.3 Å². The Balaban J connectivity index is 2.69. The third-order valence-corrected chi connectivity index (χ3v) is 3.23. The number of nitrogens with one attached hydrogen (secondary N) is 1. The van der Waals surface area contributed by atoms with Crippen LogP contribution in [-0.2, 0) is 0 Å². The topological polar surface area (TPSA) is 21.3 Å². The van der Waals surface area contributed by atoms with Crippen LogP contribution in [0.25, 0.3) is 0 Å². The molecule has 0 spiro atoms. The Labute approximate surface area is 113 Å². The van der Waals surface area contributed by atoms with Crippen LogP contribution in [0.2, 0.25) is 0 Å². The van der Waals surface area contributed by atoms with E-state index in [9.17, 15) is 0 Å². The van der Waals surface area contributed by atoms with Crippen LogP contribution in [0.3, 0.4) is 0 Å². The van der Waals surface area contributed by atoms with E-state index in [1.54, 1.807) is 7.11 Å². The molecule has 1 rings (SSSR count). The van der Waals surface area contributed by atoms with Crippen molar-refractivity contribution in [3.63, 3.8) is 0 Å². The van der Waals surface area contributed by atoms with Gasteiger partial charge in [-0.15, -0.1) is 0 Å². The quantitative estimate of drug-likeness (QED) is 0.901. The SMILES string of the molecule is COc1ccc(C(C)NCC(C)(C)C)cc1Br. The lowest BCUT2D eigenvalue weighted by molar-refractivity contribution is 0.359. The second-order valence-corrected chi connectivity index (χ2v) is 6.41. The van der Waals surface area contributed by atoms with Gasteiger partial charge in [0.05, 0.1) is 11.6 Å². The molecule has 2 nitrogen and oxygen atoms in total. The van der Waals surface area contributed by atoms with Gasteiger partial charge in [0.25, 0.3) is 0 Å². The number of rotatable bonds is 4. The molecule has 0 bridgehead atoms. The van der Waals surface area contributed by atoms with Crippen molar-refractivity contribution in [2.75, 3.05) is 13.7 Å². The molecule has 1 N–H and O–H groups in total. The maximum Gasteiger partial charge on any atom is 0.133 e. The van der Waals surface area contributed by atoms with Crippen LogP contribution in [-0.4, -0.2) is 13.7 Å². The van der Waals surface area contributed by atoms with Crippen molar-refractivity contribution in [2.24, 2.45) is 5.41 Å². The Bertz CT molecular complexity index is 371. The highest BCUT2D eigenvalue weighted by molar-refractivity contribution is 9.10. The summed E-state index contributed by atoms with van der Waals surface area (Å²) < 4.78 is 6.23. The minimum atomic E-state index is 0.304. The van der Waals surface area contributed by atoms with Crippen LogP contribution in [0, 0.1) is 5.41 Å². The molecule has 0 amide bonds. The number of methoxy groups -OCH3 is 1. The lowest BCUT2D eigenvalue weighted by atomic mass is 9.96. The van der Waals surface area contributed by atoms with Gasteiger partial charge in [-0.25, -0.2) is 0 Å². The first-order valence-electron chi connectivity index (χ1n) is 5.90. The van der Waals surface area contributed by atoms with Crippen molar-refractivity contribution in [1.82, 2.24) is 5.32 Å². The Hall–Kier alpha value is -0.540. The van der Waals surface area contributed by atoms with Crippen LogP contribution in [0.4, 0.5) is 0 Å². The largest absolute Gasteiger partial charge is 0.496 e. The number of ether oxygens (including phenoxy) is 1. The molecule has 0 aliphatic rings. The van der Waals surface area contributed by atoms with E-state index in [1.807, 2.05) is 6.07 Å². The third kappa shape index (κ3) is 4.68. The molecule has 0 radical (unpaired) electrons. The number of hydrogen-bond donors (Lipinski definition) is 1.